The van der Waals surface area contributed by atoms with Crippen molar-refractivity contribution < 1.29 is 19.0 Å². The maximum Gasteiger partial charge on any atom is 0.363 e. The summed E-state index contributed by atoms with van der Waals surface area (Å²) in [7, 11) is 1.57. The van der Waals surface area contributed by atoms with Crippen LogP contribution in [0.2, 0.25) is 0 Å². The molecule has 0 amide bonds. The molecule has 6 heteroatoms. The van der Waals surface area contributed by atoms with E-state index in [1.54, 1.807) is 25.3 Å². The molecule has 138 valence electrons. The van der Waals surface area contributed by atoms with Crippen molar-refractivity contribution in [1.29, 1.82) is 0 Å². The largest absolute Gasteiger partial charge is 0.493 e. The Kier molecular flexibility index (Phi) is 5.76. The van der Waals surface area contributed by atoms with Gasteiger partial charge in [0.2, 0.25) is 5.90 Å². The molecule has 1 aliphatic heterocycles. The minimum atomic E-state index is -0.492. The average molecular weight is 428 g/mol. The quantitative estimate of drug-likeness (QED) is 0.378. The van der Waals surface area contributed by atoms with Gasteiger partial charge >= 0.3 is 5.97 Å². The van der Waals surface area contributed by atoms with E-state index in [-0.39, 0.29) is 11.6 Å². The SMILES string of the molecule is C=C(C)COc1cc(/C=C2\N=C(c3ccc(Br)cc3)OC2=O)ccc1OC. The van der Waals surface area contributed by atoms with Gasteiger partial charge in [-0.05, 0) is 60.5 Å². The van der Waals surface area contributed by atoms with Crippen molar-refractivity contribution in [3.8, 4) is 11.5 Å². The summed E-state index contributed by atoms with van der Waals surface area (Å²) in [5, 5.41) is 0. The Hall–Kier alpha value is -2.86. The summed E-state index contributed by atoms with van der Waals surface area (Å²) >= 11 is 3.38. The first kappa shape index (κ1) is 18.9. The molecule has 1 aliphatic rings. The van der Waals surface area contributed by atoms with Crippen LogP contribution in [0.1, 0.15) is 18.1 Å². The van der Waals surface area contributed by atoms with Gasteiger partial charge in [0.05, 0.1) is 7.11 Å². The molecule has 27 heavy (non-hydrogen) atoms. The highest BCUT2D eigenvalue weighted by atomic mass is 79.9. The van der Waals surface area contributed by atoms with Crippen molar-refractivity contribution in [1.82, 2.24) is 0 Å². The van der Waals surface area contributed by atoms with Crippen LogP contribution in [0.3, 0.4) is 0 Å². The Bertz CT molecular complexity index is 945. The zero-order valence-electron chi connectivity index (χ0n) is 15.0. The summed E-state index contributed by atoms with van der Waals surface area (Å²) in [6.45, 7) is 6.08. The minimum absolute atomic E-state index is 0.226. The number of cyclic esters (lactones) is 1. The Morgan fingerprint density at radius 2 is 1.96 bits per heavy atom. The van der Waals surface area contributed by atoms with Crippen molar-refractivity contribution in [3.63, 3.8) is 0 Å². The van der Waals surface area contributed by atoms with Gasteiger partial charge in [-0.3, -0.25) is 0 Å². The summed E-state index contributed by atoms with van der Waals surface area (Å²) in [5.41, 5.74) is 2.60. The number of carbonyl (C=O) groups excluding carboxylic acids is 1. The molecule has 0 aliphatic carbocycles. The van der Waals surface area contributed by atoms with E-state index in [0.29, 0.717) is 18.1 Å². The van der Waals surface area contributed by atoms with E-state index in [0.717, 1.165) is 21.2 Å². The molecular weight excluding hydrogens is 410 g/mol. The molecular formula is C21H18BrNO4. The summed E-state index contributed by atoms with van der Waals surface area (Å²) in [5.74, 6) is 0.962. The number of aliphatic imine (C=N–C) groups is 1. The third kappa shape index (κ3) is 4.65. The number of rotatable bonds is 6. The molecule has 2 aromatic carbocycles. The zero-order chi connectivity index (χ0) is 19.4. The Balaban J connectivity index is 1.88. The highest BCUT2D eigenvalue weighted by Crippen LogP contribution is 2.30. The lowest BCUT2D eigenvalue weighted by Gasteiger charge is -2.11. The molecule has 0 atom stereocenters. The summed E-state index contributed by atoms with van der Waals surface area (Å²) in [6.07, 6.45) is 1.65. The van der Waals surface area contributed by atoms with Crippen LogP contribution < -0.4 is 9.47 Å². The molecule has 0 saturated carbocycles. The van der Waals surface area contributed by atoms with Gasteiger partial charge in [-0.2, -0.15) is 0 Å². The number of hydrogen-bond donors (Lipinski definition) is 0. The topological polar surface area (TPSA) is 57.1 Å². The summed E-state index contributed by atoms with van der Waals surface area (Å²) in [4.78, 5) is 16.5. The molecule has 0 saturated heterocycles. The second-order valence-corrected chi connectivity index (χ2v) is 6.91. The van der Waals surface area contributed by atoms with E-state index >= 15 is 0 Å². The second kappa shape index (κ2) is 8.22. The van der Waals surface area contributed by atoms with Crippen LogP contribution in [0.5, 0.6) is 11.5 Å². The third-order valence-corrected chi connectivity index (χ3v) is 4.21. The van der Waals surface area contributed by atoms with Gasteiger partial charge in [0, 0.05) is 10.0 Å². The van der Waals surface area contributed by atoms with Gasteiger partial charge in [-0.15, -0.1) is 0 Å². The monoisotopic (exact) mass is 427 g/mol. The van der Waals surface area contributed by atoms with Crippen molar-refractivity contribution in [3.05, 3.63) is 75.9 Å². The van der Waals surface area contributed by atoms with Crippen LogP contribution in [0.15, 0.2) is 69.8 Å². The molecule has 0 unspecified atom stereocenters. The number of nitrogens with zero attached hydrogens (tertiary/aromatic N) is 1. The highest BCUT2D eigenvalue weighted by Gasteiger charge is 2.24. The first-order chi connectivity index (χ1) is 13.0. The first-order valence-electron chi connectivity index (χ1n) is 8.20. The fourth-order valence-electron chi connectivity index (χ4n) is 2.38. The molecule has 0 spiro atoms. The lowest BCUT2D eigenvalue weighted by Crippen LogP contribution is -2.05. The Labute approximate surface area is 166 Å². The minimum Gasteiger partial charge on any atom is -0.493 e. The fraction of sp³-hybridized carbons (Fsp3) is 0.143. The van der Waals surface area contributed by atoms with Gasteiger partial charge in [0.1, 0.15) is 6.61 Å². The van der Waals surface area contributed by atoms with E-state index < -0.39 is 5.97 Å². The molecule has 2 aromatic rings. The van der Waals surface area contributed by atoms with Crippen LogP contribution in [-0.4, -0.2) is 25.6 Å². The predicted octanol–water partition coefficient (Wildman–Crippen LogP) is 4.76. The molecule has 1 heterocycles. The Morgan fingerprint density at radius 1 is 1.22 bits per heavy atom. The van der Waals surface area contributed by atoms with Crippen molar-refractivity contribution >= 4 is 33.9 Å². The van der Waals surface area contributed by atoms with Gasteiger partial charge in [0.15, 0.2) is 17.2 Å². The normalized spacial score (nSPS) is 14.7. The van der Waals surface area contributed by atoms with Crippen LogP contribution >= 0.6 is 15.9 Å². The van der Waals surface area contributed by atoms with Gasteiger partial charge < -0.3 is 14.2 Å². The van der Waals surface area contributed by atoms with Crippen molar-refractivity contribution in [2.45, 2.75) is 6.92 Å². The maximum atomic E-state index is 12.2. The summed E-state index contributed by atoms with van der Waals surface area (Å²) < 4.78 is 17.2. The zero-order valence-corrected chi connectivity index (χ0v) is 16.6. The molecule has 0 aromatic heterocycles. The number of benzene rings is 2. The number of ether oxygens (including phenoxy) is 3. The second-order valence-electron chi connectivity index (χ2n) is 6.00. The number of halogens is 1. The molecule has 0 N–H and O–H groups in total. The van der Waals surface area contributed by atoms with E-state index in [1.165, 1.54) is 0 Å². The van der Waals surface area contributed by atoms with Gasteiger partial charge in [0.25, 0.3) is 0 Å². The molecule has 5 nitrogen and oxygen atoms in total. The van der Waals surface area contributed by atoms with Crippen LogP contribution in [0.4, 0.5) is 0 Å². The van der Waals surface area contributed by atoms with Crippen molar-refractivity contribution in [2.75, 3.05) is 13.7 Å². The lowest BCUT2D eigenvalue weighted by atomic mass is 10.1. The third-order valence-electron chi connectivity index (χ3n) is 3.68. The van der Waals surface area contributed by atoms with Crippen LogP contribution in [0.25, 0.3) is 6.08 Å². The van der Waals surface area contributed by atoms with Crippen LogP contribution in [-0.2, 0) is 9.53 Å². The van der Waals surface area contributed by atoms with Crippen molar-refractivity contribution in [2.24, 2.45) is 4.99 Å². The van der Waals surface area contributed by atoms with Crippen LogP contribution in [0, 0.1) is 0 Å². The predicted molar refractivity (Wildman–Crippen MR) is 108 cm³/mol. The number of methoxy groups -OCH3 is 1. The van der Waals surface area contributed by atoms with Gasteiger partial charge in [-0.1, -0.05) is 28.6 Å². The lowest BCUT2D eigenvalue weighted by molar-refractivity contribution is -0.129. The average Bonchev–Trinajstić information content (AvgIpc) is 3.01. The standard InChI is InChI=1S/C21H18BrNO4/c1-13(2)12-26-19-11-14(4-9-18(19)25-3)10-17-21(24)27-20(23-17)15-5-7-16(22)8-6-15/h4-11H,1,12H2,2-3H3/b17-10-. The molecule has 0 bridgehead atoms. The first-order valence-corrected chi connectivity index (χ1v) is 8.99. The van der Waals surface area contributed by atoms with E-state index in [1.807, 2.05) is 37.3 Å². The Morgan fingerprint density at radius 3 is 2.63 bits per heavy atom. The molecule has 3 rings (SSSR count). The number of carbonyl (C=O) groups is 1. The highest BCUT2D eigenvalue weighted by molar-refractivity contribution is 9.10. The van der Waals surface area contributed by atoms with E-state index in [2.05, 4.69) is 27.5 Å². The van der Waals surface area contributed by atoms with E-state index in [9.17, 15) is 4.79 Å². The summed E-state index contributed by atoms with van der Waals surface area (Å²) in [6, 6.07) is 12.8. The number of hydrogen-bond acceptors (Lipinski definition) is 5. The molecule has 0 fully saturated rings. The maximum absolute atomic E-state index is 12.2. The number of esters is 1. The molecule has 0 radical (unpaired) electrons. The van der Waals surface area contributed by atoms with Gasteiger partial charge in [-0.25, -0.2) is 9.79 Å². The fourth-order valence-corrected chi connectivity index (χ4v) is 2.64. The van der Waals surface area contributed by atoms with E-state index in [4.69, 9.17) is 14.2 Å². The smallest absolute Gasteiger partial charge is 0.363 e.